The van der Waals surface area contributed by atoms with Crippen molar-refractivity contribution in [3.05, 3.63) is 53.7 Å². The summed E-state index contributed by atoms with van der Waals surface area (Å²) in [7, 11) is 1.67. The van der Waals surface area contributed by atoms with Crippen molar-refractivity contribution in [3.63, 3.8) is 0 Å². The Balaban J connectivity index is 2.02. The summed E-state index contributed by atoms with van der Waals surface area (Å²) in [6.45, 7) is 4.10. The van der Waals surface area contributed by atoms with Gasteiger partial charge >= 0.3 is 0 Å². The van der Waals surface area contributed by atoms with Crippen molar-refractivity contribution >= 4 is 5.69 Å². The van der Waals surface area contributed by atoms with Gasteiger partial charge in [0.15, 0.2) is 0 Å². The van der Waals surface area contributed by atoms with Crippen LogP contribution in [0.4, 0.5) is 5.69 Å². The van der Waals surface area contributed by atoms with E-state index in [1.54, 1.807) is 11.8 Å². The maximum absolute atomic E-state index is 5.71. The van der Waals surface area contributed by atoms with Crippen molar-refractivity contribution in [3.8, 4) is 22.7 Å². The first kappa shape index (κ1) is 14.1. The van der Waals surface area contributed by atoms with Gasteiger partial charge < -0.3 is 10.5 Å². The first-order chi connectivity index (χ1) is 10.6. The summed E-state index contributed by atoms with van der Waals surface area (Å²) in [5.74, 6) is 0.852. The molecule has 0 aliphatic rings. The van der Waals surface area contributed by atoms with Crippen molar-refractivity contribution in [2.45, 2.75) is 13.8 Å². The van der Waals surface area contributed by atoms with Gasteiger partial charge in [-0.3, -0.25) is 0 Å². The van der Waals surface area contributed by atoms with Crippen molar-refractivity contribution in [2.75, 3.05) is 12.8 Å². The van der Waals surface area contributed by atoms with E-state index in [-0.39, 0.29) is 0 Å². The van der Waals surface area contributed by atoms with Crippen molar-refractivity contribution < 1.29 is 4.74 Å². The molecule has 0 fully saturated rings. The van der Waals surface area contributed by atoms with E-state index in [2.05, 4.69) is 10.3 Å². The van der Waals surface area contributed by atoms with E-state index in [4.69, 9.17) is 10.5 Å². The van der Waals surface area contributed by atoms with Crippen LogP contribution in [-0.2, 0) is 0 Å². The van der Waals surface area contributed by atoms with Gasteiger partial charge in [0.1, 0.15) is 11.4 Å². The Kier molecular flexibility index (Phi) is 3.55. The molecule has 0 aliphatic carbocycles. The van der Waals surface area contributed by atoms with Crippen molar-refractivity contribution in [1.29, 1.82) is 0 Å². The van der Waals surface area contributed by atoms with Crippen LogP contribution in [0.1, 0.15) is 11.1 Å². The molecule has 0 bridgehead atoms. The van der Waals surface area contributed by atoms with Gasteiger partial charge in [-0.2, -0.15) is 0 Å². The molecule has 0 atom stereocenters. The van der Waals surface area contributed by atoms with Crippen LogP contribution in [0, 0.1) is 13.8 Å². The molecule has 5 nitrogen and oxygen atoms in total. The number of methoxy groups -OCH3 is 1. The number of aromatic nitrogens is 3. The Morgan fingerprint density at radius 1 is 1.05 bits per heavy atom. The lowest BCUT2D eigenvalue weighted by Crippen LogP contribution is -1.95. The summed E-state index contributed by atoms with van der Waals surface area (Å²) < 4.78 is 7.05. The molecule has 0 saturated heterocycles. The highest BCUT2D eigenvalue weighted by Gasteiger charge is 2.12. The van der Waals surface area contributed by atoms with Gasteiger partial charge in [-0.25, -0.2) is 4.68 Å². The first-order valence-electron chi connectivity index (χ1n) is 7.02. The summed E-state index contributed by atoms with van der Waals surface area (Å²) in [5.41, 5.74) is 11.5. The van der Waals surface area contributed by atoms with Crippen LogP contribution >= 0.6 is 0 Å². The minimum atomic E-state index is 0.728. The molecule has 2 aromatic carbocycles. The third-order valence-electron chi connectivity index (χ3n) is 3.65. The Morgan fingerprint density at radius 3 is 2.27 bits per heavy atom. The zero-order chi connectivity index (χ0) is 15.7. The summed E-state index contributed by atoms with van der Waals surface area (Å²) >= 11 is 0. The third-order valence-corrected chi connectivity index (χ3v) is 3.65. The average molecular weight is 294 g/mol. The lowest BCUT2D eigenvalue weighted by molar-refractivity contribution is 0.414. The number of nitrogens with zero attached hydrogens (tertiary/aromatic N) is 3. The number of anilines is 1. The second kappa shape index (κ2) is 5.52. The minimum Gasteiger partial charge on any atom is -0.497 e. The Morgan fingerprint density at radius 2 is 1.68 bits per heavy atom. The number of hydrogen-bond acceptors (Lipinski definition) is 4. The van der Waals surface area contributed by atoms with Gasteiger partial charge in [0.2, 0.25) is 0 Å². The van der Waals surface area contributed by atoms with Gasteiger partial charge in [0.25, 0.3) is 0 Å². The molecule has 0 unspecified atom stereocenters. The molecule has 3 aromatic rings. The summed E-state index contributed by atoms with van der Waals surface area (Å²) in [6.07, 6.45) is 1.92. The highest BCUT2D eigenvalue weighted by atomic mass is 16.5. The van der Waals surface area contributed by atoms with E-state index in [1.165, 1.54) is 0 Å². The number of aryl methyl sites for hydroxylation is 2. The fourth-order valence-corrected chi connectivity index (χ4v) is 2.58. The predicted octanol–water partition coefficient (Wildman–Crippen LogP) is 3.14. The number of benzene rings is 2. The molecule has 22 heavy (non-hydrogen) atoms. The molecule has 0 saturated carbocycles. The first-order valence-corrected chi connectivity index (χ1v) is 7.02. The summed E-state index contributed by atoms with van der Waals surface area (Å²) in [4.78, 5) is 0. The smallest absolute Gasteiger partial charge is 0.119 e. The van der Waals surface area contributed by atoms with E-state index in [0.717, 1.165) is 39.5 Å². The van der Waals surface area contributed by atoms with Gasteiger partial charge in [-0.1, -0.05) is 5.21 Å². The number of nitrogen functional groups attached to an aromatic ring is 1. The molecule has 1 heterocycles. The molecule has 0 spiro atoms. The lowest BCUT2D eigenvalue weighted by Gasteiger charge is -2.09. The van der Waals surface area contributed by atoms with Crippen molar-refractivity contribution in [2.24, 2.45) is 0 Å². The van der Waals surface area contributed by atoms with Crippen molar-refractivity contribution in [1.82, 2.24) is 15.0 Å². The fourth-order valence-electron chi connectivity index (χ4n) is 2.58. The Bertz CT molecular complexity index is 783. The molecule has 3 rings (SSSR count). The van der Waals surface area contributed by atoms with Gasteiger partial charge in [-0.05, 0) is 61.4 Å². The maximum atomic E-state index is 5.71. The van der Waals surface area contributed by atoms with Gasteiger partial charge in [0, 0.05) is 11.3 Å². The zero-order valence-corrected chi connectivity index (χ0v) is 12.9. The van der Waals surface area contributed by atoms with Crippen LogP contribution in [0.15, 0.2) is 42.6 Å². The van der Waals surface area contributed by atoms with Crippen LogP contribution in [0.25, 0.3) is 16.9 Å². The summed E-state index contributed by atoms with van der Waals surface area (Å²) in [5, 5.41) is 8.52. The average Bonchev–Trinajstić information content (AvgIpc) is 2.96. The lowest BCUT2D eigenvalue weighted by atomic mass is 10.00. The molecule has 0 aliphatic heterocycles. The Labute approximate surface area is 129 Å². The van der Waals surface area contributed by atoms with E-state index in [9.17, 15) is 0 Å². The van der Waals surface area contributed by atoms with Crippen LogP contribution in [0.5, 0.6) is 5.75 Å². The topological polar surface area (TPSA) is 66.0 Å². The quantitative estimate of drug-likeness (QED) is 0.754. The predicted molar refractivity (Wildman–Crippen MR) is 87.2 cm³/mol. The van der Waals surface area contributed by atoms with Gasteiger partial charge in [-0.15, -0.1) is 5.10 Å². The number of ether oxygens (including phenoxy) is 1. The number of nitrogens with two attached hydrogens (primary N) is 1. The molecular weight excluding hydrogens is 276 g/mol. The normalized spacial score (nSPS) is 10.7. The van der Waals surface area contributed by atoms with Crippen LogP contribution in [0.2, 0.25) is 0 Å². The number of rotatable bonds is 3. The molecular formula is C17H18N4O. The standard InChI is InChI=1S/C17H18N4O/c1-11-8-15(22-3)9-12(2)17(11)16-10-21(20-19-16)14-6-4-13(18)5-7-14/h4-10H,18H2,1-3H3. The van der Waals surface area contributed by atoms with E-state index in [1.807, 2.05) is 56.4 Å². The summed E-state index contributed by atoms with van der Waals surface area (Å²) in [6, 6.07) is 11.5. The fraction of sp³-hybridized carbons (Fsp3) is 0.176. The van der Waals surface area contributed by atoms with E-state index >= 15 is 0 Å². The molecule has 0 amide bonds. The number of hydrogen-bond donors (Lipinski definition) is 1. The van der Waals surface area contributed by atoms with E-state index in [0.29, 0.717) is 0 Å². The molecule has 0 radical (unpaired) electrons. The molecule has 2 N–H and O–H groups in total. The van der Waals surface area contributed by atoms with Gasteiger partial charge in [0.05, 0.1) is 19.0 Å². The molecule has 1 aromatic heterocycles. The monoisotopic (exact) mass is 294 g/mol. The van der Waals surface area contributed by atoms with Crippen LogP contribution in [0.3, 0.4) is 0 Å². The Hall–Kier alpha value is -2.82. The maximum Gasteiger partial charge on any atom is 0.119 e. The second-order valence-electron chi connectivity index (χ2n) is 5.28. The SMILES string of the molecule is COc1cc(C)c(-c2cn(-c3ccc(N)cc3)nn2)c(C)c1. The van der Waals surface area contributed by atoms with E-state index < -0.39 is 0 Å². The highest BCUT2D eigenvalue weighted by Crippen LogP contribution is 2.29. The second-order valence-corrected chi connectivity index (χ2v) is 5.28. The van der Waals surface area contributed by atoms with Crippen LogP contribution < -0.4 is 10.5 Å². The molecule has 5 heteroatoms. The molecule has 112 valence electrons. The zero-order valence-electron chi connectivity index (χ0n) is 12.9. The highest BCUT2D eigenvalue weighted by molar-refractivity contribution is 5.68. The third kappa shape index (κ3) is 2.53. The minimum absolute atomic E-state index is 0.728. The van der Waals surface area contributed by atoms with Crippen LogP contribution in [-0.4, -0.2) is 22.1 Å². The largest absolute Gasteiger partial charge is 0.497 e.